The van der Waals surface area contributed by atoms with Gasteiger partial charge in [0.15, 0.2) is 0 Å². The van der Waals surface area contributed by atoms with Gasteiger partial charge in [-0.3, -0.25) is 0 Å². The minimum absolute atomic E-state index is 0.574. The maximum atomic E-state index is 5.66. The molecule has 0 unspecified atom stereocenters. The number of nitrogens with one attached hydrogen (secondary N) is 1. The molecule has 84 valence electrons. The summed E-state index contributed by atoms with van der Waals surface area (Å²) in [6.45, 7) is 0. The summed E-state index contributed by atoms with van der Waals surface area (Å²) in [7, 11) is 1.66. The Hall–Kier alpha value is -1.48. The van der Waals surface area contributed by atoms with Crippen LogP contribution in [0, 0.1) is 0 Å². The van der Waals surface area contributed by atoms with E-state index in [0.717, 1.165) is 29.3 Å². The van der Waals surface area contributed by atoms with Crippen LogP contribution in [-0.4, -0.2) is 23.0 Å². The van der Waals surface area contributed by atoms with Crippen molar-refractivity contribution < 1.29 is 4.74 Å². The first-order valence-corrected chi connectivity index (χ1v) is 5.61. The zero-order valence-electron chi connectivity index (χ0n) is 9.03. The molecule has 0 spiro atoms. The van der Waals surface area contributed by atoms with Crippen molar-refractivity contribution in [3.63, 3.8) is 0 Å². The monoisotopic (exact) mass is 236 g/mol. The number of ether oxygens (including phenoxy) is 1. The molecule has 2 aromatic rings. The van der Waals surface area contributed by atoms with Crippen molar-refractivity contribution in [2.45, 2.75) is 6.42 Å². The Balaban J connectivity index is 2.27. The molecule has 1 aromatic heterocycles. The van der Waals surface area contributed by atoms with Crippen LogP contribution in [0.15, 0.2) is 30.5 Å². The molecule has 1 heterocycles. The van der Waals surface area contributed by atoms with Gasteiger partial charge in [0.05, 0.1) is 19.0 Å². The second-order valence-electron chi connectivity index (χ2n) is 3.41. The van der Waals surface area contributed by atoms with Gasteiger partial charge in [0.2, 0.25) is 0 Å². The molecule has 1 aromatic carbocycles. The normalized spacial score (nSPS) is 10.4. The smallest absolute Gasteiger partial charge is 0.119 e. The molecular weight excluding hydrogens is 224 g/mol. The van der Waals surface area contributed by atoms with E-state index in [-0.39, 0.29) is 0 Å². The molecule has 0 fully saturated rings. The van der Waals surface area contributed by atoms with Crippen molar-refractivity contribution in [2.24, 2.45) is 0 Å². The summed E-state index contributed by atoms with van der Waals surface area (Å²) in [6.07, 6.45) is 2.57. The van der Waals surface area contributed by atoms with E-state index in [1.807, 2.05) is 30.5 Å². The van der Waals surface area contributed by atoms with Crippen molar-refractivity contribution in [2.75, 3.05) is 13.0 Å². The highest BCUT2D eigenvalue weighted by atomic mass is 35.5. The highest BCUT2D eigenvalue weighted by Gasteiger charge is 2.03. The second-order valence-corrected chi connectivity index (χ2v) is 3.79. The number of benzene rings is 1. The number of aryl methyl sites for hydroxylation is 1. The van der Waals surface area contributed by atoms with E-state index in [4.69, 9.17) is 16.3 Å². The number of alkyl halides is 1. The molecular formula is C12H13ClN2O. The first-order valence-electron chi connectivity index (χ1n) is 5.08. The Kier molecular flexibility index (Phi) is 3.47. The average Bonchev–Trinajstić information content (AvgIpc) is 2.78. The lowest BCUT2D eigenvalue weighted by Gasteiger charge is -2.01. The van der Waals surface area contributed by atoms with E-state index in [1.54, 1.807) is 7.11 Å². The predicted octanol–water partition coefficient (Wildman–Crippen LogP) is 2.87. The van der Waals surface area contributed by atoms with E-state index in [2.05, 4.69) is 9.97 Å². The summed E-state index contributed by atoms with van der Waals surface area (Å²) in [4.78, 5) is 7.49. The number of aromatic amines is 1. The van der Waals surface area contributed by atoms with Gasteiger partial charge in [0.25, 0.3) is 0 Å². The van der Waals surface area contributed by atoms with E-state index in [1.165, 1.54) is 0 Å². The van der Waals surface area contributed by atoms with Crippen LogP contribution in [0.1, 0.15) is 5.82 Å². The first-order chi connectivity index (χ1) is 7.83. The van der Waals surface area contributed by atoms with Crippen LogP contribution in [0.25, 0.3) is 11.3 Å². The molecule has 0 atom stereocenters. The molecule has 0 aliphatic carbocycles. The molecule has 0 radical (unpaired) electrons. The minimum Gasteiger partial charge on any atom is -0.497 e. The lowest BCUT2D eigenvalue weighted by molar-refractivity contribution is 0.415. The maximum absolute atomic E-state index is 5.66. The molecule has 0 saturated heterocycles. The van der Waals surface area contributed by atoms with Crippen LogP contribution in [0.3, 0.4) is 0 Å². The average molecular weight is 237 g/mol. The summed E-state index contributed by atoms with van der Waals surface area (Å²) in [6, 6.07) is 7.86. The van der Waals surface area contributed by atoms with E-state index in [0.29, 0.717) is 5.88 Å². The topological polar surface area (TPSA) is 37.9 Å². The van der Waals surface area contributed by atoms with Gasteiger partial charge in [0, 0.05) is 17.9 Å². The Morgan fingerprint density at radius 2 is 2.31 bits per heavy atom. The quantitative estimate of drug-likeness (QED) is 0.829. The fraction of sp³-hybridized carbons (Fsp3) is 0.250. The predicted molar refractivity (Wildman–Crippen MR) is 65.0 cm³/mol. The van der Waals surface area contributed by atoms with Gasteiger partial charge in [-0.2, -0.15) is 0 Å². The molecule has 4 heteroatoms. The lowest BCUT2D eigenvalue weighted by Crippen LogP contribution is -1.88. The SMILES string of the molecule is COc1cccc(-c2cnc(CCCl)[nH]2)c1. The zero-order valence-corrected chi connectivity index (χ0v) is 9.79. The third kappa shape index (κ3) is 2.36. The fourth-order valence-corrected chi connectivity index (χ4v) is 1.70. The largest absolute Gasteiger partial charge is 0.497 e. The molecule has 0 amide bonds. The highest BCUT2D eigenvalue weighted by molar-refractivity contribution is 6.17. The highest BCUT2D eigenvalue weighted by Crippen LogP contribution is 2.22. The molecule has 0 aliphatic rings. The van der Waals surface area contributed by atoms with Crippen molar-refractivity contribution in [1.29, 1.82) is 0 Å². The summed E-state index contributed by atoms with van der Waals surface area (Å²) < 4.78 is 5.18. The number of nitrogens with zero attached hydrogens (tertiary/aromatic N) is 1. The fourth-order valence-electron chi connectivity index (χ4n) is 1.52. The van der Waals surface area contributed by atoms with Crippen LogP contribution in [-0.2, 0) is 6.42 Å². The maximum Gasteiger partial charge on any atom is 0.119 e. The number of methoxy groups -OCH3 is 1. The molecule has 1 N–H and O–H groups in total. The first kappa shape index (κ1) is 11.0. The summed E-state index contributed by atoms with van der Waals surface area (Å²) in [5, 5.41) is 0. The lowest BCUT2D eigenvalue weighted by atomic mass is 10.1. The van der Waals surface area contributed by atoms with Gasteiger partial charge in [-0.05, 0) is 12.1 Å². The van der Waals surface area contributed by atoms with E-state index in [9.17, 15) is 0 Å². The number of H-pyrrole nitrogens is 1. The number of halogens is 1. The van der Waals surface area contributed by atoms with E-state index < -0.39 is 0 Å². The minimum atomic E-state index is 0.574. The van der Waals surface area contributed by atoms with Crippen molar-refractivity contribution in [1.82, 2.24) is 9.97 Å². The second kappa shape index (κ2) is 5.03. The Labute approximate surface area is 99.4 Å². The van der Waals surface area contributed by atoms with Crippen LogP contribution in [0.5, 0.6) is 5.75 Å². The Morgan fingerprint density at radius 3 is 3.06 bits per heavy atom. The van der Waals surface area contributed by atoms with Crippen molar-refractivity contribution in [3.8, 4) is 17.0 Å². The number of aromatic nitrogens is 2. The third-order valence-electron chi connectivity index (χ3n) is 2.34. The number of hydrogen-bond donors (Lipinski definition) is 1. The Morgan fingerprint density at radius 1 is 1.44 bits per heavy atom. The molecule has 2 rings (SSSR count). The van der Waals surface area contributed by atoms with E-state index >= 15 is 0 Å². The molecule has 0 bridgehead atoms. The molecule has 0 saturated carbocycles. The van der Waals surface area contributed by atoms with Gasteiger partial charge in [0.1, 0.15) is 11.6 Å². The zero-order chi connectivity index (χ0) is 11.4. The third-order valence-corrected chi connectivity index (χ3v) is 2.53. The van der Waals surface area contributed by atoms with Crippen LogP contribution >= 0.6 is 11.6 Å². The molecule has 3 nitrogen and oxygen atoms in total. The van der Waals surface area contributed by atoms with Crippen molar-refractivity contribution >= 4 is 11.6 Å². The van der Waals surface area contributed by atoms with Crippen molar-refractivity contribution in [3.05, 3.63) is 36.3 Å². The number of hydrogen-bond acceptors (Lipinski definition) is 2. The standard InChI is InChI=1S/C12H13ClN2O/c1-16-10-4-2-3-9(7-10)11-8-14-12(15-11)5-6-13/h2-4,7-8H,5-6H2,1H3,(H,14,15). The van der Waals surface area contributed by atoms with Crippen LogP contribution < -0.4 is 4.74 Å². The van der Waals surface area contributed by atoms with Gasteiger partial charge >= 0.3 is 0 Å². The number of rotatable bonds is 4. The van der Waals surface area contributed by atoms with Crippen LogP contribution in [0.4, 0.5) is 0 Å². The molecule has 0 aliphatic heterocycles. The molecule has 16 heavy (non-hydrogen) atoms. The summed E-state index contributed by atoms with van der Waals surface area (Å²) in [5.74, 6) is 2.32. The summed E-state index contributed by atoms with van der Waals surface area (Å²) >= 11 is 5.66. The van der Waals surface area contributed by atoms with Gasteiger partial charge < -0.3 is 9.72 Å². The van der Waals surface area contributed by atoms with Gasteiger partial charge in [-0.1, -0.05) is 12.1 Å². The van der Waals surface area contributed by atoms with Gasteiger partial charge in [-0.25, -0.2) is 4.98 Å². The summed E-state index contributed by atoms with van der Waals surface area (Å²) in [5.41, 5.74) is 2.05. The van der Waals surface area contributed by atoms with Gasteiger partial charge in [-0.15, -0.1) is 11.6 Å². The Bertz CT molecular complexity index is 468. The number of imidazole rings is 1. The van der Waals surface area contributed by atoms with Crippen LogP contribution in [0.2, 0.25) is 0 Å².